The summed E-state index contributed by atoms with van der Waals surface area (Å²) in [4.78, 5) is 13.2. The monoisotopic (exact) mass is 432 g/mol. The lowest BCUT2D eigenvalue weighted by Crippen LogP contribution is -2.25. The van der Waals surface area contributed by atoms with Crippen molar-refractivity contribution in [3.8, 4) is 23.0 Å². The SMILES string of the molecule is COC(=O)C1[C@H](c2ccc(OC)cc2O)c2cc(C)ccc2[C@@H]1c1ccc2c(c1)OCO2. The van der Waals surface area contributed by atoms with E-state index >= 15 is 0 Å². The Labute approximate surface area is 186 Å². The molecule has 164 valence electrons. The molecule has 1 N–H and O–H groups in total. The molecule has 2 aliphatic rings. The van der Waals surface area contributed by atoms with Crippen molar-refractivity contribution < 1.29 is 28.8 Å². The molecule has 0 saturated heterocycles. The molecule has 0 fully saturated rings. The first-order valence-corrected chi connectivity index (χ1v) is 10.5. The molecule has 0 amide bonds. The number of rotatable bonds is 4. The summed E-state index contributed by atoms with van der Waals surface area (Å²) in [7, 11) is 2.95. The predicted molar refractivity (Wildman–Crippen MR) is 118 cm³/mol. The molecule has 3 aromatic rings. The number of esters is 1. The fourth-order valence-corrected chi connectivity index (χ4v) is 5.00. The van der Waals surface area contributed by atoms with Crippen molar-refractivity contribution in [2.75, 3.05) is 21.0 Å². The fourth-order valence-electron chi connectivity index (χ4n) is 5.00. The van der Waals surface area contributed by atoms with E-state index in [0.717, 1.165) is 22.3 Å². The number of phenols is 1. The molecular weight excluding hydrogens is 408 g/mol. The van der Waals surface area contributed by atoms with Crippen molar-refractivity contribution in [3.63, 3.8) is 0 Å². The number of fused-ring (bicyclic) bond motifs is 2. The topological polar surface area (TPSA) is 74.2 Å². The zero-order valence-electron chi connectivity index (χ0n) is 18.1. The number of hydrogen-bond donors (Lipinski definition) is 1. The number of carbonyl (C=O) groups is 1. The molecule has 5 rings (SSSR count). The first-order chi connectivity index (χ1) is 15.5. The third-order valence-electron chi connectivity index (χ3n) is 6.43. The summed E-state index contributed by atoms with van der Waals surface area (Å²) in [6.07, 6.45) is 0. The first kappa shape index (κ1) is 20.2. The van der Waals surface area contributed by atoms with Gasteiger partial charge in [-0.05, 0) is 41.8 Å². The second-order valence-electron chi connectivity index (χ2n) is 8.17. The Hall–Kier alpha value is -3.67. The van der Waals surface area contributed by atoms with Crippen LogP contribution >= 0.6 is 0 Å². The van der Waals surface area contributed by atoms with E-state index in [1.54, 1.807) is 19.2 Å². The van der Waals surface area contributed by atoms with Crippen molar-refractivity contribution in [1.29, 1.82) is 0 Å². The van der Waals surface area contributed by atoms with Crippen LogP contribution in [0.25, 0.3) is 0 Å². The van der Waals surface area contributed by atoms with E-state index in [-0.39, 0.29) is 30.3 Å². The van der Waals surface area contributed by atoms with Crippen LogP contribution in [0.5, 0.6) is 23.0 Å². The number of hydrogen-bond acceptors (Lipinski definition) is 6. The second-order valence-corrected chi connectivity index (χ2v) is 8.17. The normalized spacial score (nSPS) is 20.7. The number of ether oxygens (including phenoxy) is 4. The minimum atomic E-state index is -0.559. The number of aryl methyl sites for hydroxylation is 1. The van der Waals surface area contributed by atoms with Crippen molar-refractivity contribution >= 4 is 5.97 Å². The highest BCUT2D eigenvalue weighted by Gasteiger charge is 2.48. The molecule has 1 aliphatic carbocycles. The molecule has 0 spiro atoms. The summed E-state index contributed by atoms with van der Waals surface area (Å²) in [6, 6.07) is 17.2. The van der Waals surface area contributed by atoms with Crippen molar-refractivity contribution in [1.82, 2.24) is 0 Å². The molecule has 3 atom stereocenters. The Morgan fingerprint density at radius 2 is 1.69 bits per heavy atom. The van der Waals surface area contributed by atoms with Crippen LogP contribution in [0.1, 0.15) is 39.7 Å². The Balaban J connectivity index is 1.72. The van der Waals surface area contributed by atoms with Crippen LogP contribution in [0.2, 0.25) is 0 Å². The van der Waals surface area contributed by atoms with Gasteiger partial charge in [-0.15, -0.1) is 0 Å². The summed E-state index contributed by atoms with van der Waals surface area (Å²) >= 11 is 0. The minimum Gasteiger partial charge on any atom is -0.508 e. The highest BCUT2D eigenvalue weighted by Crippen LogP contribution is 2.55. The largest absolute Gasteiger partial charge is 0.508 e. The van der Waals surface area contributed by atoms with E-state index in [4.69, 9.17) is 18.9 Å². The van der Waals surface area contributed by atoms with Gasteiger partial charge in [0.05, 0.1) is 20.1 Å². The predicted octanol–water partition coefficient (Wildman–Crippen LogP) is 4.50. The van der Waals surface area contributed by atoms with E-state index in [1.807, 2.05) is 37.3 Å². The number of aromatic hydroxyl groups is 1. The van der Waals surface area contributed by atoms with Gasteiger partial charge < -0.3 is 24.1 Å². The lowest BCUT2D eigenvalue weighted by molar-refractivity contribution is -0.146. The molecular formula is C26H24O6. The van der Waals surface area contributed by atoms with Gasteiger partial charge in [0.15, 0.2) is 11.5 Å². The highest BCUT2D eigenvalue weighted by molar-refractivity contribution is 5.80. The average molecular weight is 432 g/mol. The molecule has 3 aromatic carbocycles. The summed E-state index contributed by atoms with van der Waals surface area (Å²) in [5.41, 5.74) is 4.71. The number of carbonyl (C=O) groups excluding carboxylic acids is 1. The van der Waals surface area contributed by atoms with Gasteiger partial charge in [0.1, 0.15) is 11.5 Å². The summed E-state index contributed by atoms with van der Waals surface area (Å²) in [6.45, 7) is 2.20. The van der Waals surface area contributed by atoms with Crippen molar-refractivity contribution in [2.24, 2.45) is 5.92 Å². The Morgan fingerprint density at radius 3 is 2.44 bits per heavy atom. The molecule has 32 heavy (non-hydrogen) atoms. The molecule has 1 aliphatic heterocycles. The highest BCUT2D eigenvalue weighted by atomic mass is 16.7. The van der Waals surface area contributed by atoms with Gasteiger partial charge in [0, 0.05) is 23.5 Å². The van der Waals surface area contributed by atoms with Crippen LogP contribution in [-0.4, -0.2) is 32.1 Å². The number of methoxy groups -OCH3 is 2. The molecule has 0 aromatic heterocycles. The van der Waals surface area contributed by atoms with Gasteiger partial charge in [0.2, 0.25) is 6.79 Å². The van der Waals surface area contributed by atoms with Crippen LogP contribution in [0, 0.1) is 12.8 Å². The average Bonchev–Trinajstić information content (AvgIpc) is 3.40. The number of phenolic OH excluding ortho intramolecular Hbond substituents is 1. The maximum Gasteiger partial charge on any atom is 0.310 e. The van der Waals surface area contributed by atoms with Gasteiger partial charge in [-0.1, -0.05) is 35.9 Å². The molecule has 0 radical (unpaired) electrons. The van der Waals surface area contributed by atoms with Crippen molar-refractivity contribution in [2.45, 2.75) is 18.8 Å². The summed E-state index contributed by atoms with van der Waals surface area (Å²) in [5.74, 6) is 0.457. The molecule has 6 heteroatoms. The molecule has 0 bridgehead atoms. The third kappa shape index (κ3) is 3.14. The summed E-state index contributed by atoms with van der Waals surface area (Å²) < 4.78 is 21.6. The number of benzene rings is 3. The Kier molecular flexibility index (Phi) is 4.93. The van der Waals surface area contributed by atoms with Gasteiger partial charge in [0.25, 0.3) is 0 Å². The fraction of sp³-hybridized carbons (Fsp3) is 0.269. The van der Waals surface area contributed by atoms with Crippen LogP contribution in [0.4, 0.5) is 0 Å². The minimum absolute atomic E-state index is 0.0852. The molecule has 1 heterocycles. The molecule has 6 nitrogen and oxygen atoms in total. The Bertz CT molecular complexity index is 1200. The molecule has 0 saturated carbocycles. The van der Waals surface area contributed by atoms with E-state index in [9.17, 15) is 9.90 Å². The van der Waals surface area contributed by atoms with Crippen molar-refractivity contribution in [3.05, 3.63) is 82.4 Å². The lowest BCUT2D eigenvalue weighted by atomic mass is 9.79. The zero-order chi connectivity index (χ0) is 22.4. The van der Waals surface area contributed by atoms with E-state index in [1.165, 1.54) is 7.11 Å². The van der Waals surface area contributed by atoms with Crippen LogP contribution < -0.4 is 14.2 Å². The van der Waals surface area contributed by atoms with Gasteiger partial charge in [-0.25, -0.2) is 0 Å². The smallest absolute Gasteiger partial charge is 0.310 e. The van der Waals surface area contributed by atoms with Gasteiger partial charge in [-0.3, -0.25) is 4.79 Å². The molecule has 1 unspecified atom stereocenters. The van der Waals surface area contributed by atoms with Gasteiger partial charge >= 0.3 is 5.97 Å². The van der Waals surface area contributed by atoms with E-state index < -0.39 is 5.92 Å². The third-order valence-corrected chi connectivity index (χ3v) is 6.43. The van der Waals surface area contributed by atoms with E-state index in [0.29, 0.717) is 22.8 Å². The van der Waals surface area contributed by atoms with Crippen LogP contribution in [0.3, 0.4) is 0 Å². The lowest BCUT2D eigenvalue weighted by Gasteiger charge is -2.25. The standard InChI is InChI=1S/C26H24O6/c1-14-4-7-17-19(10-14)24(18-8-6-16(29-2)12-20(18)27)25(26(28)30-3)23(17)15-5-9-21-22(11-15)32-13-31-21/h4-12,23-25,27H,13H2,1-3H3/t23-,24+,25?/m0/s1. The summed E-state index contributed by atoms with van der Waals surface area (Å²) in [5, 5.41) is 10.9. The van der Waals surface area contributed by atoms with Crippen LogP contribution in [-0.2, 0) is 9.53 Å². The van der Waals surface area contributed by atoms with Gasteiger partial charge in [-0.2, -0.15) is 0 Å². The first-order valence-electron chi connectivity index (χ1n) is 10.5. The maximum absolute atomic E-state index is 13.2. The maximum atomic E-state index is 13.2. The Morgan fingerprint density at radius 1 is 0.906 bits per heavy atom. The van der Waals surface area contributed by atoms with Crippen LogP contribution in [0.15, 0.2) is 54.6 Å². The quantitative estimate of drug-likeness (QED) is 0.612. The zero-order valence-corrected chi connectivity index (χ0v) is 18.1. The van der Waals surface area contributed by atoms with E-state index in [2.05, 4.69) is 12.1 Å². The second kappa shape index (κ2) is 7.79.